The number of aryl methyl sites for hydroxylation is 1. The summed E-state index contributed by atoms with van der Waals surface area (Å²) in [5.41, 5.74) is 2.58. The topological polar surface area (TPSA) is 33.2 Å². The molecule has 1 aromatic heterocycles. The molecule has 0 fully saturated rings. The van der Waals surface area contributed by atoms with Gasteiger partial charge >= 0.3 is 0 Å². The normalized spacial score (nSPS) is 18.2. The van der Waals surface area contributed by atoms with Gasteiger partial charge in [0.15, 0.2) is 0 Å². The van der Waals surface area contributed by atoms with Gasteiger partial charge < -0.3 is 4.90 Å². The van der Waals surface area contributed by atoms with E-state index in [1.165, 1.54) is 16.0 Å². The summed E-state index contributed by atoms with van der Waals surface area (Å²) >= 11 is 1.69. The van der Waals surface area contributed by atoms with Crippen molar-refractivity contribution < 1.29 is 4.79 Å². The van der Waals surface area contributed by atoms with E-state index in [9.17, 15) is 4.79 Å². The Hall–Kier alpha value is -1.68. The van der Waals surface area contributed by atoms with Crippen molar-refractivity contribution in [1.82, 2.24) is 9.88 Å². The number of fused-ring (bicyclic) bond motifs is 1. The first-order valence-electron chi connectivity index (χ1n) is 6.41. The van der Waals surface area contributed by atoms with E-state index in [-0.39, 0.29) is 11.9 Å². The monoisotopic (exact) mass is 272 g/mol. The van der Waals surface area contributed by atoms with E-state index >= 15 is 0 Å². The highest BCUT2D eigenvalue weighted by Gasteiger charge is 2.30. The zero-order valence-corrected chi connectivity index (χ0v) is 11.9. The van der Waals surface area contributed by atoms with Gasteiger partial charge in [0.1, 0.15) is 5.01 Å². The van der Waals surface area contributed by atoms with Gasteiger partial charge in [-0.1, -0.05) is 24.3 Å². The summed E-state index contributed by atoms with van der Waals surface area (Å²) in [5, 5.41) is 1.04. The molecule has 0 spiro atoms. The summed E-state index contributed by atoms with van der Waals surface area (Å²) < 4.78 is 0. The van der Waals surface area contributed by atoms with Crippen molar-refractivity contribution >= 4 is 17.2 Å². The molecular formula is C15H16N2OS. The Labute approximate surface area is 116 Å². The molecule has 2 heterocycles. The first-order valence-corrected chi connectivity index (χ1v) is 7.23. The van der Waals surface area contributed by atoms with Gasteiger partial charge in [-0.25, -0.2) is 4.98 Å². The van der Waals surface area contributed by atoms with Crippen LogP contribution in [0.2, 0.25) is 0 Å². The summed E-state index contributed by atoms with van der Waals surface area (Å²) in [6, 6.07) is 8.44. The standard InChI is InChI=1S/C15H16N2OS/c1-10-8-16-15(19-10)14-7-12-5-3-4-6-13(12)9-17(14)11(2)18/h3-6,8,14H,7,9H2,1-2H3. The number of nitrogens with zero attached hydrogens (tertiary/aromatic N) is 2. The SMILES string of the molecule is CC(=O)N1Cc2ccccc2CC1c1ncc(C)s1. The number of carbonyl (C=O) groups is 1. The van der Waals surface area contributed by atoms with Crippen LogP contribution in [-0.2, 0) is 17.8 Å². The van der Waals surface area contributed by atoms with Crippen molar-refractivity contribution in [1.29, 1.82) is 0 Å². The van der Waals surface area contributed by atoms with Crippen molar-refractivity contribution in [3.8, 4) is 0 Å². The summed E-state index contributed by atoms with van der Waals surface area (Å²) in [6.45, 7) is 4.38. The number of aromatic nitrogens is 1. The van der Waals surface area contributed by atoms with Gasteiger partial charge in [-0.05, 0) is 24.5 Å². The molecule has 3 nitrogen and oxygen atoms in total. The molecule has 0 radical (unpaired) electrons. The second-order valence-corrected chi connectivity index (χ2v) is 6.21. The number of hydrogen-bond donors (Lipinski definition) is 0. The van der Waals surface area contributed by atoms with Gasteiger partial charge in [-0.3, -0.25) is 4.79 Å². The number of rotatable bonds is 1. The molecule has 1 unspecified atom stereocenters. The summed E-state index contributed by atoms with van der Waals surface area (Å²) in [7, 11) is 0. The van der Waals surface area contributed by atoms with E-state index in [0.29, 0.717) is 6.54 Å². The highest BCUT2D eigenvalue weighted by Crippen LogP contribution is 2.34. The first kappa shape index (κ1) is 12.4. The average molecular weight is 272 g/mol. The van der Waals surface area contributed by atoms with Gasteiger partial charge in [0, 0.05) is 24.5 Å². The molecule has 98 valence electrons. The third kappa shape index (κ3) is 2.28. The largest absolute Gasteiger partial charge is 0.329 e. The lowest BCUT2D eigenvalue weighted by atomic mass is 9.94. The summed E-state index contributed by atoms with van der Waals surface area (Å²) in [6.07, 6.45) is 2.75. The Morgan fingerprint density at radius 2 is 2.11 bits per heavy atom. The maximum Gasteiger partial charge on any atom is 0.220 e. The minimum absolute atomic E-state index is 0.0890. The Kier molecular flexibility index (Phi) is 3.11. The second kappa shape index (κ2) is 4.78. The van der Waals surface area contributed by atoms with E-state index in [2.05, 4.69) is 30.1 Å². The fraction of sp³-hybridized carbons (Fsp3) is 0.333. The van der Waals surface area contributed by atoms with E-state index in [4.69, 9.17) is 0 Å². The predicted octanol–water partition coefficient (Wildman–Crippen LogP) is 3.10. The molecule has 1 aliphatic heterocycles. The van der Waals surface area contributed by atoms with E-state index in [1.54, 1.807) is 18.3 Å². The third-order valence-corrected chi connectivity index (χ3v) is 4.59. The highest BCUT2D eigenvalue weighted by atomic mass is 32.1. The molecule has 0 aliphatic carbocycles. The molecule has 1 amide bonds. The fourth-order valence-electron chi connectivity index (χ4n) is 2.60. The van der Waals surface area contributed by atoms with Crippen LogP contribution >= 0.6 is 11.3 Å². The average Bonchev–Trinajstić information content (AvgIpc) is 2.83. The molecule has 0 saturated heterocycles. The van der Waals surface area contributed by atoms with Crippen molar-refractivity contribution in [2.75, 3.05) is 0 Å². The van der Waals surface area contributed by atoms with Gasteiger partial charge in [0.25, 0.3) is 0 Å². The molecule has 1 aliphatic rings. The lowest BCUT2D eigenvalue weighted by Crippen LogP contribution is -2.37. The zero-order valence-electron chi connectivity index (χ0n) is 11.1. The molecule has 1 atom stereocenters. The van der Waals surface area contributed by atoms with Crippen LogP contribution in [-0.4, -0.2) is 15.8 Å². The summed E-state index contributed by atoms with van der Waals surface area (Å²) in [5.74, 6) is 0.118. The molecular weight excluding hydrogens is 256 g/mol. The fourth-order valence-corrected chi connectivity index (χ4v) is 3.49. The molecule has 4 heteroatoms. The Balaban J connectivity index is 2.00. The van der Waals surface area contributed by atoms with Crippen LogP contribution in [0.25, 0.3) is 0 Å². The van der Waals surface area contributed by atoms with Gasteiger partial charge in [-0.15, -0.1) is 11.3 Å². The highest BCUT2D eigenvalue weighted by molar-refractivity contribution is 7.11. The lowest BCUT2D eigenvalue weighted by molar-refractivity contribution is -0.132. The van der Waals surface area contributed by atoms with Gasteiger partial charge in [0.2, 0.25) is 5.91 Å². The van der Waals surface area contributed by atoms with Crippen molar-refractivity contribution in [2.45, 2.75) is 32.9 Å². The Bertz CT molecular complexity index is 620. The van der Waals surface area contributed by atoms with Crippen LogP contribution in [0.4, 0.5) is 0 Å². The number of carbonyl (C=O) groups excluding carboxylic acids is 1. The van der Waals surface area contributed by atoms with E-state index < -0.39 is 0 Å². The number of thiazole rings is 1. The molecule has 19 heavy (non-hydrogen) atoms. The van der Waals surface area contributed by atoms with Crippen LogP contribution < -0.4 is 0 Å². The van der Waals surface area contributed by atoms with E-state index in [1.807, 2.05) is 17.2 Å². The first-order chi connectivity index (χ1) is 9.15. The minimum atomic E-state index is 0.0890. The van der Waals surface area contributed by atoms with Crippen LogP contribution in [0.3, 0.4) is 0 Å². The zero-order chi connectivity index (χ0) is 13.4. The predicted molar refractivity (Wildman–Crippen MR) is 76.0 cm³/mol. The van der Waals surface area contributed by atoms with Gasteiger partial charge in [0.05, 0.1) is 6.04 Å². The molecule has 1 aromatic carbocycles. The molecule has 0 bridgehead atoms. The maximum atomic E-state index is 11.9. The van der Waals surface area contributed by atoms with Crippen LogP contribution in [0.1, 0.15) is 34.0 Å². The Morgan fingerprint density at radius 1 is 1.37 bits per heavy atom. The quantitative estimate of drug-likeness (QED) is 0.799. The lowest BCUT2D eigenvalue weighted by Gasteiger charge is -2.35. The molecule has 0 saturated carbocycles. The van der Waals surface area contributed by atoms with Gasteiger partial charge in [-0.2, -0.15) is 0 Å². The third-order valence-electron chi connectivity index (χ3n) is 3.58. The number of hydrogen-bond acceptors (Lipinski definition) is 3. The Morgan fingerprint density at radius 3 is 2.74 bits per heavy atom. The number of amides is 1. The van der Waals surface area contributed by atoms with Crippen LogP contribution in [0.15, 0.2) is 30.5 Å². The van der Waals surface area contributed by atoms with Crippen LogP contribution in [0, 0.1) is 6.92 Å². The van der Waals surface area contributed by atoms with Crippen molar-refractivity contribution in [3.63, 3.8) is 0 Å². The van der Waals surface area contributed by atoms with Crippen LogP contribution in [0.5, 0.6) is 0 Å². The second-order valence-electron chi connectivity index (χ2n) is 4.94. The molecule has 3 rings (SSSR count). The van der Waals surface area contributed by atoms with Crippen molar-refractivity contribution in [2.24, 2.45) is 0 Å². The molecule has 0 N–H and O–H groups in total. The molecule has 2 aromatic rings. The number of benzene rings is 1. The van der Waals surface area contributed by atoms with E-state index in [0.717, 1.165) is 11.4 Å². The van der Waals surface area contributed by atoms with Crippen molar-refractivity contribution in [3.05, 3.63) is 51.5 Å². The summed E-state index contributed by atoms with van der Waals surface area (Å²) in [4.78, 5) is 19.5. The maximum absolute atomic E-state index is 11.9. The minimum Gasteiger partial charge on any atom is -0.329 e. The smallest absolute Gasteiger partial charge is 0.220 e.